The number of benzene rings is 1. The summed E-state index contributed by atoms with van der Waals surface area (Å²) in [4.78, 5) is 25.3. The van der Waals surface area contributed by atoms with Crippen LogP contribution in [0.25, 0.3) is 0 Å². The lowest BCUT2D eigenvalue weighted by Crippen LogP contribution is -2.30. The Balaban J connectivity index is 1.76. The van der Waals surface area contributed by atoms with Gasteiger partial charge in [0.15, 0.2) is 6.10 Å². The molecule has 1 heterocycles. The van der Waals surface area contributed by atoms with E-state index in [0.717, 1.165) is 29.7 Å². The molecular formula is C19H23NO3S. The number of thiophene rings is 1. The number of aryl methyl sites for hydroxylation is 3. The number of esters is 1. The SMILES string of the molecule is Cc1ccc(NC(=O)[C@H](C)OC(=O)CCCc2cccs2)c(C)c1. The van der Waals surface area contributed by atoms with Crippen LogP contribution in [-0.4, -0.2) is 18.0 Å². The molecule has 0 bridgehead atoms. The second kappa shape index (κ2) is 8.64. The third kappa shape index (κ3) is 5.49. The molecule has 0 saturated carbocycles. The molecule has 1 N–H and O–H groups in total. The van der Waals surface area contributed by atoms with Gasteiger partial charge >= 0.3 is 5.97 Å². The summed E-state index contributed by atoms with van der Waals surface area (Å²) in [6, 6.07) is 9.84. The van der Waals surface area contributed by atoms with Crippen molar-refractivity contribution in [2.45, 2.75) is 46.1 Å². The van der Waals surface area contributed by atoms with Gasteiger partial charge in [0.25, 0.3) is 5.91 Å². The van der Waals surface area contributed by atoms with E-state index in [1.54, 1.807) is 18.3 Å². The fourth-order valence-corrected chi connectivity index (χ4v) is 3.11. The number of hydrogen-bond donors (Lipinski definition) is 1. The van der Waals surface area contributed by atoms with Gasteiger partial charge in [0, 0.05) is 17.0 Å². The topological polar surface area (TPSA) is 55.4 Å². The van der Waals surface area contributed by atoms with Gasteiger partial charge in [-0.15, -0.1) is 11.3 Å². The first-order chi connectivity index (χ1) is 11.5. The van der Waals surface area contributed by atoms with Crippen LogP contribution in [-0.2, 0) is 20.7 Å². The Bertz CT molecular complexity index is 695. The van der Waals surface area contributed by atoms with Crippen LogP contribution in [0.5, 0.6) is 0 Å². The number of rotatable bonds is 7. The zero-order valence-electron chi connectivity index (χ0n) is 14.3. The van der Waals surface area contributed by atoms with Gasteiger partial charge in [-0.25, -0.2) is 0 Å². The number of amides is 1. The van der Waals surface area contributed by atoms with Crippen LogP contribution in [0.4, 0.5) is 5.69 Å². The first kappa shape index (κ1) is 18.2. The number of carbonyl (C=O) groups excluding carboxylic acids is 2. The molecule has 1 amide bonds. The summed E-state index contributed by atoms with van der Waals surface area (Å²) in [7, 11) is 0. The average molecular weight is 345 g/mol. The minimum atomic E-state index is -0.806. The smallest absolute Gasteiger partial charge is 0.306 e. The first-order valence-corrected chi connectivity index (χ1v) is 8.93. The highest BCUT2D eigenvalue weighted by atomic mass is 32.1. The Hall–Kier alpha value is -2.14. The summed E-state index contributed by atoms with van der Waals surface area (Å²) >= 11 is 1.68. The van der Waals surface area contributed by atoms with E-state index in [2.05, 4.69) is 11.4 Å². The lowest BCUT2D eigenvalue weighted by atomic mass is 10.1. The molecule has 5 heteroatoms. The Morgan fingerprint density at radius 3 is 2.71 bits per heavy atom. The summed E-state index contributed by atoms with van der Waals surface area (Å²) in [6.45, 7) is 5.53. The van der Waals surface area contributed by atoms with Crippen molar-refractivity contribution in [3.8, 4) is 0 Å². The highest BCUT2D eigenvalue weighted by Gasteiger charge is 2.18. The monoisotopic (exact) mass is 345 g/mol. The summed E-state index contributed by atoms with van der Waals surface area (Å²) in [5.74, 6) is -0.650. The molecule has 1 atom stereocenters. The lowest BCUT2D eigenvalue weighted by Gasteiger charge is -2.15. The van der Waals surface area contributed by atoms with Crippen molar-refractivity contribution < 1.29 is 14.3 Å². The molecule has 1 aromatic carbocycles. The van der Waals surface area contributed by atoms with Gasteiger partial charge in [0.2, 0.25) is 0 Å². The van der Waals surface area contributed by atoms with Gasteiger partial charge in [-0.3, -0.25) is 9.59 Å². The van der Waals surface area contributed by atoms with E-state index >= 15 is 0 Å². The Morgan fingerprint density at radius 2 is 2.04 bits per heavy atom. The van der Waals surface area contributed by atoms with Crippen LogP contribution in [0.3, 0.4) is 0 Å². The molecule has 2 rings (SSSR count). The van der Waals surface area contributed by atoms with E-state index < -0.39 is 6.10 Å². The third-order valence-corrected chi connectivity index (χ3v) is 4.64. The van der Waals surface area contributed by atoms with Gasteiger partial charge in [-0.1, -0.05) is 23.8 Å². The van der Waals surface area contributed by atoms with Gasteiger partial charge in [0.1, 0.15) is 0 Å². The van der Waals surface area contributed by atoms with Crippen molar-refractivity contribution in [2.24, 2.45) is 0 Å². The molecule has 1 aromatic heterocycles. The highest BCUT2D eigenvalue weighted by molar-refractivity contribution is 7.09. The Labute approximate surface area is 146 Å². The first-order valence-electron chi connectivity index (χ1n) is 8.05. The van der Waals surface area contributed by atoms with Gasteiger partial charge in [-0.2, -0.15) is 0 Å². The molecule has 0 saturated heterocycles. The maximum atomic E-state index is 12.2. The van der Waals surface area contributed by atoms with Crippen molar-refractivity contribution in [1.29, 1.82) is 0 Å². The fourth-order valence-electron chi connectivity index (χ4n) is 2.36. The molecule has 0 aliphatic rings. The minimum absolute atomic E-state index is 0.312. The van der Waals surface area contributed by atoms with E-state index in [-0.39, 0.29) is 11.9 Å². The predicted octanol–water partition coefficient (Wildman–Crippen LogP) is 4.26. The maximum absolute atomic E-state index is 12.2. The number of hydrogen-bond acceptors (Lipinski definition) is 4. The third-order valence-electron chi connectivity index (χ3n) is 3.70. The maximum Gasteiger partial charge on any atom is 0.306 e. The number of carbonyl (C=O) groups is 2. The molecule has 0 aliphatic carbocycles. The molecule has 0 aliphatic heterocycles. The van der Waals surface area contributed by atoms with Crippen molar-refractivity contribution in [1.82, 2.24) is 0 Å². The van der Waals surface area contributed by atoms with E-state index in [1.807, 2.05) is 43.5 Å². The van der Waals surface area contributed by atoms with Crippen LogP contribution < -0.4 is 5.32 Å². The van der Waals surface area contributed by atoms with Crippen molar-refractivity contribution in [3.05, 3.63) is 51.7 Å². The molecule has 0 spiro atoms. The molecule has 128 valence electrons. The molecule has 0 fully saturated rings. The largest absolute Gasteiger partial charge is 0.453 e. The minimum Gasteiger partial charge on any atom is -0.453 e. The zero-order valence-corrected chi connectivity index (χ0v) is 15.1. The van der Waals surface area contributed by atoms with Crippen molar-refractivity contribution in [3.63, 3.8) is 0 Å². The molecule has 2 aromatic rings. The molecular weight excluding hydrogens is 322 g/mol. The summed E-state index contributed by atoms with van der Waals surface area (Å²) in [5.41, 5.74) is 2.86. The Kier molecular flexibility index (Phi) is 6.55. The summed E-state index contributed by atoms with van der Waals surface area (Å²) in [6.07, 6.45) is 1.10. The van der Waals surface area contributed by atoms with E-state index in [0.29, 0.717) is 6.42 Å². The standard InChI is InChI=1S/C19H23NO3S/c1-13-9-10-17(14(2)12-13)20-19(22)15(3)23-18(21)8-4-6-16-7-5-11-24-16/h5,7,9-12,15H,4,6,8H2,1-3H3,(H,20,22)/t15-/m0/s1. The van der Waals surface area contributed by atoms with Crippen LogP contribution in [0.15, 0.2) is 35.7 Å². The van der Waals surface area contributed by atoms with Crippen LogP contribution in [0.1, 0.15) is 35.8 Å². The number of ether oxygens (including phenoxy) is 1. The van der Waals surface area contributed by atoms with Gasteiger partial charge in [-0.05, 0) is 56.7 Å². The normalized spacial score (nSPS) is 11.8. The second-order valence-corrected chi connectivity index (χ2v) is 6.90. The second-order valence-electron chi connectivity index (χ2n) is 5.87. The lowest BCUT2D eigenvalue weighted by molar-refractivity contribution is -0.153. The number of anilines is 1. The number of nitrogens with one attached hydrogen (secondary N) is 1. The Morgan fingerprint density at radius 1 is 1.25 bits per heavy atom. The average Bonchev–Trinajstić information content (AvgIpc) is 3.03. The molecule has 24 heavy (non-hydrogen) atoms. The van der Waals surface area contributed by atoms with Gasteiger partial charge in [0.05, 0.1) is 0 Å². The zero-order chi connectivity index (χ0) is 17.5. The summed E-state index contributed by atoms with van der Waals surface area (Å²) < 4.78 is 5.22. The van der Waals surface area contributed by atoms with E-state index in [9.17, 15) is 9.59 Å². The van der Waals surface area contributed by atoms with Gasteiger partial charge < -0.3 is 10.1 Å². The van der Waals surface area contributed by atoms with E-state index in [4.69, 9.17) is 4.74 Å². The summed E-state index contributed by atoms with van der Waals surface area (Å²) in [5, 5.41) is 4.83. The molecule has 4 nitrogen and oxygen atoms in total. The van der Waals surface area contributed by atoms with E-state index in [1.165, 1.54) is 4.88 Å². The van der Waals surface area contributed by atoms with Crippen LogP contribution in [0.2, 0.25) is 0 Å². The highest BCUT2D eigenvalue weighted by Crippen LogP contribution is 2.17. The van der Waals surface area contributed by atoms with Crippen LogP contribution >= 0.6 is 11.3 Å². The fraction of sp³-hybridized carbons (Fsp3) is 0.368. The molecule has 0 radical (unpaired) electrons. The predicted molar refractivity (Wildman–Crippen MR) is 97.4 cm³/mol. The van der Waals surface area contributed by atoms with Crippen LogP contribution in [0, 0.1) is 13.8 Å². The molecule has 0 unspecified atom stereocenters. The van der Waals surface area contributed by atoms with Crippen molar-refractivity contribution >= 4 is 28.9 Å². The quantitative estimate of drug-likeness (QED) is 0.763. The van der Waals surface area contributed by atoms with Crippen molar-refractivity contribution in [2.75, 3.05) is 5.32 Å².